The summed E-state index contributed by atoms with van der Waals surface area (Å²) in [5.41, 5.74) is 8.74. The molecule has 1 saturated heterocycles. The molecule has 116 valence electrons. The molecule has 0 saturated carbocycles. The third-order valence-electron chi connectivity index (χ3n) is 4.33. The second-order valence-electron chi connectivity index (χ2n) is 5.75. The van der Waals surface area contributed by atoms with Crippen molar-refractivity contribution in [3.05, 3.63) is 34.9 Å². The molecular weight excluding hydrogens is 266 g/mol. The topological polar surface area (TPSA) is 79.9 Å². The van der Waals surface area contributed by atoms with E-state index in [4.69, 9.17) is 15.7 Å². The van der Waals surface area contributed by atoms with E-state index in [-0.39, 0.29) is 5.84 Å². The SMILES string of the molecule is Cc1cc(/C(N)=N/O)ccc1CNC(C)C1CCOCC1. The molecule has 1 aliphatic heterocycles. The third-order valence-corrected chi connectivity index (χ3v) is 4.33. The fraction of sp³-hybridized carbons (Fsp3) is 0.562. The number of rotatable bonds is 5. The monoisotopic (exact) mass is 291 g/mol. The maximum atomic E-state index is 8.71. The van der Waals surface area contributed by atoms with Crippen LogP contribution in [0.4, 0.5) is 0 Å². The molecular formula is C16H25N3O2. The van der Waals surface area contributed by atoms with Crippen molar-refractivity contribution in [3.8, 4) is 0 Å². The van der Waals surface area contributed by atoms with E-state index >= 15 is 0 Å². The van der Waals surface area contributed by atoms with E-state index in [2.05, 4.69) is 17.4 Å². The molecule has 1 heterocycles. The van der Waals surface area contributed by atoms with Gasteiger partial charge in [-0.3, -0.25) is 0 Å². The number of hydrogen-bond donors (Lipinski definition) is 3. The smallest absolute Gasteiger partial charge is 0.170 e. The average molecular weight is 291 g/mol. The molecule has 1 aliphatic rings. The number of amidine groups is 1. The molecule has 0 spiro atoms. The van der Waals surface area contributed by atoms with Crippen molar-refractivity contribution in [1.82, 2.24) is 5.32 Å². The molecule has 2 rings (SSSR count). The van der Waals surface area contributed by atoms with Gasteiger partial charge in [-0.25, -0.2) is 0 Å². The van der Waals surface area contributed by atoms with Gasteiger partial charge in [0.1, 0.15) is 0 Å². The van der Waals surface area contributed by atoms with Gasteiger partial charge in [0.25, 0.3) is 0 Å². The van der Waals surface area contributed by atoms with Crippen LogP contribution >= 0.6 is 0 Å². The van der Waals surface area contributed by atoms with Gasteiger partial charge in [-0.05, 0) is 49.8 Å². The van der Waals surface area contributed by atoms with Crippen LogP contribution in [0.15, 0.2) is 23.4 Å². The van der Waals surface area contributed by atoms with Gasteiger partial charge in [0.2, 0.25) is 0 Å². The van der Waals surface area contributed by atoms with E-state index in [9.17, 15) is 0 Å². The summed E-state index contributed by atoms with van der Waals surface area (Å²) in [5.74, 6) is 0.837. The highest BCUT2D eigenvalue weighted by Crippen LogP contribution is 2.19. The number of ether oxygens (including phenoxy) is 1. The fourth-order valence-corrected chi connectivity index (χ4v) is 2.76. The van der Waals surface area contributed by atoms with E-state index in [0.29, 0.717) is 12.0 Å². The van der Waals surface area contributed by atoms with Crippen LogP contribution in [0.5, 0.6) is 0 Å². The van der Waals surface area contributed by atoms with Crippen LogP contribution in [-0.2, 0) is 11.3 Å². The van der Waals surface area contributed by atoms with Crippen molar-refractivity contribution < 1.29 is 9.94 Å². The number of benzene rings is 1. The van der Waals surface area contributed by atoms with Gasteiger partial charge in [-0.15, -0.1) is 0 Å². The summed E-state index contributed by atoms with van der Waals surface area (Å²) in [7, 11) is 0. The summed E-state index contributed by atoms with van der Waals surface area (Å²) >= 11 is 0. The van der Waals surface area contributed by atoms with Gasteiger partial charge in [0, 0.05) is 31.4 Å². The Balaban J connectivity index is 1.93. The molecule has 1 aromatic carbocycles. The Morgan fingerprint density at radius 1 is 1.48 bits per heavy atom. The lowest BCUT2D eigenvalue weighted by Gasteiger charge is -2.28. The highest BCUT2D eigenvalue weighted by molar-refractivity contribution is 5.97. The Kier molecular flexibility index (Phi) is 5.59. The summed E-state index contributed by atoms with van der Waals surface area (Å²) in [6, 6.07) is 6.35. The molecule has 1 unspecified atom stereocenters. The molecule has 0 amide bonds. The van der Waals surface area contributed by atoms with Crippen LogP contribution in [0.25, 0.3) is 0 Å². The first-order valence-electron chi connectivity index (χ1n) is 7.50. The van der Waals surface area contributed by atoms with Crippen LogP contribution in [-0.4, -0.2) is 30.3 Å². The minimum absolute atomic E-state index is 0.146. The molecule has 0 bridgehead atoms. The second kappa shape index (κ2) is 7.43. The number of nitrogens with zero attached hydrogens (tertiary/aromatic N) is 1. The van der Waals surface area contributed by atoms with Crippen molar-refractivity contribution in [1.29, 1.82) is 0 Å². The highest BCUT2D eigenvalue weighted by atomic mass is 16.5. The predicted molar refractivity (Wildman–Crippen MR) is 83.5 cm³/mol. The third kappa shape index (κ3) is 4.19. The number of nitrogens with two attached hydrogens (primary N) is 1. The number of nitrogens with one attached hydrogen (secondary N) is 1. The van der Waals surface area contributed by atoms with Gasteiger partial charge in [0.05, 0.1) is 0 Å². The molecule has 21 heavy (non-hydrogen) atoms. The number of oxime groups is 1. The standard InChI is InChI=1S/C16H25N3O2/c1-11-9-14(16(17)19-20)3-4-15(11)10-18-12(2)13-5-7-21-8-6-13/h3-4,9,12-13,18,20H,5-8,10H2,1-2H3,(H2,17,19). The largest absolute Gasteiger partial charge is 0.409 e. The average Bonchev–Trinajstić information content (AvgIpc) is 2.53. The summed E-state index contributed by atoms with van der Waals surface area (Å²) in [6.07, 6.45) is 2.27. The molecule has 0 radical (unpaired) electrons. The maximum absolute atomic E-state index is 8.71. The highest BCUT2D eigenvalue weighted by Gasteiger charge is 2.20. The molecule has 0 aliphatic carbocycles. The van der Waals surface area contributed by atoms with E-state index in [1.54, 1.807) is 0 Å². The molecule has 0 aromatic heterocycles. The second-order valence-corrected chi connectivity index (χ2v) is 5.75. The normalized spacial score (nSPS) is 18.7. The van der Waals surface area contributed by atoms with E-state index in [0.717, 1.165) is 43.7 Å². The summed E-state index contributed by atoms with van der Waals surface area (Å²) in [5, 5.41) is 15.3. The lowest BCUT2D eigenvalue weighted by molar-refractivity contribution is 0.0558. The Morgan fingerprint density at radius 3 is 2.81 bits per heavy atom. The first-order valence-corrected chi connectivity index (χ1v) is 7.50. The lowest BCUT2D eigenvalue weighted by atomic mass is 9.92. The molecule has 1 fully saturated rings. The molecule has 1 atom stereocenters. The quantitative estimate of drug-likeness (QED) is 0.335. The minimum atomic E-state index is 0.146. The van der Waals surface area contributed by atoms with Crippen molar-refractivity contribution in [2.45, 2.75) is 39.3 Å². The first-order chi connectivity index (χ1) is 10.1. The van der Waals surface area contributed by atoms with E-state index < -0.39 is 0 Å². The van der Waals surface area contributed by atoms with Crippen LogP contribution in [0.1, 0.15) is 36.5 Å². The van der Waals surface area contributed by atoms with Crippen molar-refractivity contribution in [2.24, 2.45) is 16.8 Å². The van der Waals surface area contributed by atoms with Gasteiger partial charge in [-0.1, -0.05) is 17.3 Å². The van der Waals surface area contributed by atoms with Crippen LogP contribution < -0.4 is 11.1 Å². The predicted octanol–water partition coefficient (Wildman–Crippen LogP) is 1.99. The lowest BCUT2D eigenvalue weighted by Crippen LogP contribution is -2.36. The van der Waals surface area contributed by atoms with Crippen molar-refractivity contribution in [3.63, 3.8) is 0 Å². The Hall–Kier alpha value is -1.59. The summed E-state index contributed by atoms with van der Waals surface area (Å²) < 4.78 is 5.41. The minimum Gasteiger partial charge on any atom is -0.409 e. The molecule has 4 N–H and O–H groups in total. The molecule has 5 nitrogen and oxygen atoms in total. The zero-order chi connectivity index (χ0) is 15.2. The summed E-state index contributed by atoms with van der Waals surface area (Å²) in [4.78, 5) is 0. The van der Waals surface area contributed by atoms with Crippen molar-refractivity contribution >= 4 is 5.84 Å². The van der Waals surface area contributed by atoms with Crippen LogP contribution in [0.2, 0.25) is 0 Å². The van der Waals surface area contributed by atoms with Gasteiger partial charge >= 0.3 is 0 Å². The Bertz CT molecular complexity index is 496. The van der Waals surface area contributed by atoms with Gasteiger partial charge in [-0.2, -0.15) is 0 Å². The number of aryl methyl sites for hydroxylation is 1. The Labute approximate surface area is 126 Å². The van der Waals surface area contributed by atoms with Crippen LogP contribution in [0.3, 0.4) is 0 Å². The molecule has 5 heteroatoms. The van der Waals surface area contributed by atoms with Crippen LogP contribution in [0, 0.1) is 12.8 Å². The first kappa shape index (κ1) is 15.8. The Morgan fingerprint density at radius 2 is 2.19 bits per heavy atom. The number of hydrogen-bond acceptors (Lipinski definition) is 4. The zero-order valence-corrected chi connectivity index (χ0v) is 12.8. The maximum Gasteiger partial charge on any atom is 0.170 e. The van der Waals surface area contributed by atoms with E-state index in [1.807, 2.05) is 25.1 Å². The summed E-state index contributed by atoms with van der Waals surface area (Å²) in [6.45, 7) is 6.88. The fourth-order valence-electron chi connectivity index (χ4n) is 2.76. The van der Waals surface area contributed by atoms with E-state index in [1.165, 1.54) is 5.56 Å². The van der Waals surface area contributed by atoms with Gasteiger partial charge < -0.3 is 21.0 Å². The van der Waals surface area contributed by atoms with Gasteiger partial charge in [0.15, 0.2) is 5.84 Å². The molecule has 1 aromatic rings. The zero-order valence-electron chi connectivity index (χ0n) is 12.8. The van der Waals surface area contributed by atoms with Crippen molar-refractivity contribution in [2.75, 3.05) is 13.2 Å².